The van der Waals surface area contributed by atoms with Gasteiger partial charge in [-0.25, -0.2) is 5.01 Å². The molecular formula is C21H24N2O4. The predicted molar refractivity (Wildman–Crippen MR) is 104 cm³/mol. The summed E-state index contributed by atoms with van der Waals surface area (Å²) in [5.74, 6) is 1.94. The Morgan fingerprint density at radius 3 is 2.52 bits per heavy atom. The summed E-state index contributed by atoms with van der Waals surface area (Å²) in [5.41, 5.74) is 2.68. The number of hydrogen-bond donors (Lipinski definition) is 0. The van der Waals surface area contributed by atoms with E-state index >= 15 is 0 Å². The molecule has 0 bridgehead atoms. The molecule has 1 heterocycles. The van der Waals surface area contributed by atoms with E-state index in [4.69, 9.17) is 14.2 Å². The standard InChI is InChI=1S/C21H24N2O4/c1-5-27-19-9-7-6-8-16(19)17-13-18(23(22-17)14(2)24)15-10-11-20(25-3)21(12-15)26-4/h6-12,18H,5,13H2,1-4H3/t18-/m0/s1. The molecule has 1 atom stereocenters. The molecule has 0 spiro atoms. The second kappa shape index (κ2) is 8.12. The van der Waals surface area contributed by atoms with Crippen molar-refractivity contribution in [1.29, 1.82) is 0 Å². The Bertz CT molecular complexity index is 863. The van der Waals surface area contributed by atoms with Crippen LogP contribution < -0.4 is 14.2 Å². The van der Waals surface area contributed by atoms with Crippen molar-refractivity contribution in [2.45, 2.75) is 26.3 Å². The minimum atomic E-state index is -0.202. The number of hydrogen-bond acceptors (Lipinski definition) is 5. The number of carbonyl (C=O) groups is 1. The second-order valence-electron chi connectivity index (χ2n) is 6.17. The summed E-state index contributed by atoms with van der Waals surface area (Å²) in [7, 11) is 3.19. The van der Waals surface area contributed by atoms with Crippen LogP contribution in [0.1, 0.15) is 37.4 Å². The summed E-state index contributed by atoms with van der Waals surface area (Å²) in [6.07, 6.45) is 0.596. The lowest BCUT2D eigenvalue weighted by atomic mass is 9.97. The Morgan fingerprint density at radius 1 is 1.11 bits per heavy atom. The zero-order valence-electron chi connectivity index (χ0n) is 16.1. The molecule has 6 nitrogen and oxygen atoms in total. The van der Waals surface area contributed by atoms with Crippen LogP contribution in [-0.2, 0) is 4.79 Å². The quantitative estimate of drug-likeness (QED) is 0.778. The minimum Gasteiger partial charge on any atom is -0.493 e. The average molecular weight is 368 g/mol. The molecule has 1 aliphatic rings. The molecule has 0 saturated heterocycles. The predicted octanol–water partition coefficient (Wildman–Crippen LogP) is 3.80. The lowest BCUT2D eigenvalue weighted by molar-refractivity contribution is -0.130. The highest BCUT2D eigenvalue weighted by molar-refractivity contribution is 6.05. The second-order valence-corrected chi connectivity index (χ2v) is 6.17. The van der Waals surface area contributed by atoms with Gasteiger partial charge in [0.1, 0.15) is 5.75 Å². The first-order valence-electron chi connectivity index (χ1n) is 8.90. The van der Waals surface area contributed by atoms with E-state index in [9.17, 15) is 4.79 Å². The molecule has 142 valence electrons. The van der Waals surface area contributed by atoms with Crippen LogP contribution in [0.3, 0.4) is 0 Å². The van der Waals surface area contributed by atoms with Crippen molar-refractivity contribution >= 4 is 11.6 Å². The Labute approximate surface area is 159 Å². The summed E-state index contributed by atoms with van der Waals surface area (Å²) in [4.78, 5) is 12.2. The molecular weight excluding hydrogens is 344 g/mol. The van der Waals surface area contributed by atoms with Crippen LogP contribution in [0.15, 0.2) is 47.6 Å². The number of benzene rings is 2. The number of methoxy groups -OCH3 is 2. The zero-order chi connectivity index (χ0) is 19.4. The van der Waals surface area contributed by atoms with Crippen LogP contribution in [0.2, 0.25) is 0 Å². The SMILES string of the molecule is CCOc1ccccc1C1=NN(C(C)=O)[C@H](c2ccc(OC)c(OC)c2)C1. The average Bonchev–Trinajstić information content (AvgIpc) is 3.13. The van der Waals surface area contributed by atoms with E-state index in [1.54, 1.807) is 14.2 Å². The van der Waals surface area contributed by atoms with Gasteiger partial charge in [0.2, 0.25) is 5.91 Å². The van der Waals surface area contributed by atoms with E-state index in [-0.39, 0.29) is 11.9 Å². The Balaban J connectivity index is 1.97. The summed E-state index contributed by atoms with van der Waals surface area (Å²) in [6, 6.07) is 13.2. The van der Waals surface area contributed by atoms with E-state index in [1.807, 2.05) is 49.4 Å². The molecule has 0 N–H and O–H groups in total. The van der Waals surface area contributed by atoms with Crippen molar-refractivity contribution in [1.82, 2.24) is 5.01 Å². The molecule has 0 saturated carbocycles. The van der Waals surface area contributed by atoms with Gasteiger partial charge in [0.25, 0.3) is 0 Å². The number of ether oxygens (including phenoxy) is 3. The van der Waals surface area contributed by atoms with Crippen molar-refractivity contribution in [3.05, 3.63) is 53.6 Å². The number of amides is 1. The zero-order valence-corrected chi connectivity index (χ0v) is 16.1. The van der Waals surface area contributed by atoms with Gasteiger partial charge < -0.3 is 14.2 Å². The van der Waals surface area contributed by atoms with E-state index in [0.29, 0.717) is 24.5 Å². The summed E-state index contributed by atoms with van der Waals surface area (Å²) < 4.78 is 16.5. The van der Waals surface area contributed by atoms with Gasteiger partial charge >= 0.3 is 0 Å². The van der Waals surface area contributed by atoms with Gasteiger partial charge in [0.15, 0.2) is 11.5 Å². The van der Waals surface area contributed by atoms with Gasteiger partial charge in [-0.2, -0.15) is 5.10 Å². The first-order chi connectivity index (χ1) is 13.1. The van der Waals surface area contributed by atoms with Crippen molar-refractivity contribution in [2.24, 2.45) is 5.10 Å². The van der Waals surface area contributed by atoms with Gasteiger partial charge in [-0.1, -0.05) is 18.2 Å². The molecule has 2 aromatic carbocycles. The molecule has 6 heteroatoms. The first-order valence-corrected chi connectivity index (χ1v) is 8.90. The van der Waals surface area contributed by atoms with E-state index < -0.39 is 0 Å². The number of carbonyl (C=O) groups excluding carboxylic acids is 1. The van der Waals surface area contributed by atoms with E-state index in [0.717, 1.165) is 22.6 Å². The largest absolute Gasteiger partial charge is 0.493 e. The molecule has 0 aromatic heterocycles. The van der Waals surface area contributed by atoms with Gasteiger partial charge in [0, 0.05) is 18.9 Å². The summed E-state index contributed by atoms with van der Waals surface area (Å²) >= 11 is 0. The fraction of sp³-hybridized carbons (Fsp3) is 0.333. The molecule has 1 amide bonds. The highest BCUT2D eigenvalue weighted by atomic mass is 16.5. The highest BCUT2D eigenvalue weighted by Crippen LogP contribution is 2.38. The number of hydrazone groups is 1. The highest BCUT2D eigenvalue weighted by Gasteiger charge is 2.32. The Morgan fingerprint density at radius 2 is 1.85 bits per heavy atom. The van der Waals surface area contributed by atoms with Gasteiger partial charge in [0.05, 0.1) is 32.6 Å². The molecule has 0 unspecified atom stereocenters. The van der Waals surface area contributed by atoms with Crippen LogP contribution in [0.25, 0.3) is 0 Å². The Kier molecular flexibility index (Phi) is 5.64. The van der Waals surface area contributed by atoms with Crippen molar-refractivity contribution in [2.75, 3.05) is 20.8 Å². The molecule has 3 rings (SSSR count). The van der Waals surface area contributed by atoms with Gasteiger partial charge in [-0.15, -0.1) is 0 Å². The number of para-hydroxylation sites is 1. The minimum absolute atomic E-state index is 0.112. The van der Waals surface area contributed by atoms with Crippen LogP contribution in [0.4, 0.5) is 0 Å². The van der Waals surface area contributed by atoms with Gasteiger partial charge in [-0.05, 0) is 36.8 Å². The fourth-order valence-corrected chi connectivity index (χ4v) is 3.27. The van der Waals surface area contributed by atoms with Gasteiger partial charge in [-0.3, -0.25) is 4.79 Å². The van der Waals surface area contributed by atoms with Crippen LogP contribution in [0.5, 0.6) is 17.2 Å². The normalized spacial score (nSPS) is 16.1. The smallest absolute Gasteiger partial charge is 0.240 e. The number of nitrogens with zero attached hydrogens (tertiary/aromatic N) is 2. The first kappa shape index (κ1) is 18.8. The van der Waals surface area contributed by atoms with Crippen molar-refractivity contribution < 1.29 is 19.0 Å². The third-order valence-electron chi connectivity index (χ3n) is 4.52. The third-order valence-corrected chi connectivity index (χ3v) is 4.52. The fourth-order valence-electron chi connectivity index (χ4n) is 3.27. The van der Waals surface area contributed by atoms with E-state index in [1.165, 1.54) is 11.9 Å². The number of rotatable bonds is 6. The maximum atomic E-state index is 12.2. The Hall–Kier alpha value is -3.02. The van der Waals surface area contributed by atoms with Crippen molar-refractivity contribution in [3.8, 4) is 17.2 Å². The van der Waals surface area contributed by atoms with Crippen molar-refractivity contribution in [3.63, 3.8) is 0 Å². The molecule has 0 aliphatic carbocycles. The lowest BCUT2D eigenvalue weighted by Crippen LogP contribution is -2.24. The molecule has 27 heavy (non-hydrogen) atoms. The topological polar surface area (TPSA) is 60.4 Å². The summed E-state index contributed by atoms with van der Waals surface area (Å²) in [5, 5.41) is 6.13. The van der Waals surface area contributed by atoms with E-state index in [2.05, 4.69) is 5.10 Å². The molecule has 0 fully saturated rings. The monoisotopic (exact) mass is 368 g/mol. The summed E-state index contributed by atoms with van der Waals surface area (Å²) in [6.45, 7) is 4.04. The lowest BCUT2D eigenvalue weighted by Gasteiger charge is -2.21. The van der Waals surface area contributed by atoms with Crippen LogP contribution >= 0.6 is 0 Å². The molecule has 1 aliphatic heterocycles. The molecule has 0 radical (unpaired) electrons. The van der Waals surface area contributed by atoms with Crippen LogP contribution in [0, 0.1) is 0 Å². The molecule has 2 aromatic rings. The van der Waals surface area contributed by atoms with Crippen LogP contribution in [-0.4, -0.2) is 37.5 Å². The third kappa shape index (κ3) is 3.74. The maximum absolute atomic E-state index is 12.2. The maximum Gasteiger partial charge on any atom is 0.240 e.